The Morgan fingerprint density at radius 2 is 2.06 bits per heavy atom. The lowest BCUT2D eigenvalue weighted by Crippen LogP contribution is -2.15. The number of aromatic nitrogens is 1. The van der Waals surface area contributed by atoms with E-state index in [9.17, 15) is 4.79 Å². The molecule has 0 saturated carbocycles. The van der Waals surface area contributed by atoms with Gasteiger partial charge in [0, 0.05) is 18.7 Å². The maximum Gasteiger partial charge on any atom is 0.166 e. The number of nitrogens with zero attached hydrogens (tertiary/aromatic N) is 1. The summed E-state index contributed by atoms with van der Waals surface area (Å²) in [6, 6.07) is 3.92. The molecule has 88 valence electrons. The number of Topliss-reactive ketones (excluding diaryl/α,β-unsaturated/α-hetero) is 1. The summed E-state index contributed by atoms with van der Waals surface area (Å²) in [4.78, 5) is 16.2. The van der Waals surface area contributed by atoms with E-state index in [1.807, 2.05) is 33.8 Å². The van der Waals surface area contributed by atoms with Gasteiger partial charge in [-0.25, -0.2) is 4.98 Å². The lowest BCUT2D eigenvalue weighted by molar-refractivity contribution is 0.0968. The van der Waals surface area contributed by atoms with Gasteiger partial charge in [0.05, 0.1) is 5.56 Å². The van der Waals surface area contributed by atoms with Gasteiger partial charge < -0.3 is 5.32 Å². The highest BCUT2D eigenvalue weighted by molar-refractivity contribution is 6.00. The van der Waals surface area contributed by atoms with Gasteiger partial charge in [-0.05, 0) is 31.9 Å². The second-order valence-corrected chi connectivity index (χ2v) is 4.72. The first-order valence-electron chi connectivity index (χ1n) is 5.75. The summed E-state index contributed by atoms with van der Waals surface area (Å²) in [5.41, 5.74) is 0.699. The van der Waals surface area contributed by atoms with Crippen molar-refractivity contribution in [1.29, 1.82) is 0 Å². The van der Waals surface area contributed by atoms with Crippen LogP contribution < -0.4 is 5.32 Å². The predicted molar refractivity (Wildman–Crippen MR) is 66.8 cm³/mol. The SMILES string of the molecule is CC(C)CC(=O)c1cccnc1NC(C)C. The molecular formula is C13H20N2O. The molecule has 0 spiro atoms. The summed E-state index contributed by atoms with van der Waals surface area (Å²) < 4.78 is 0. The Hall–Kier alpha value is -1.38. The lowest BCUT2D eigenvalue weighted by atomic mass is 10.0. The van der Waals surface area contributed by atoms with Gasteiger partial charge in [0.15, 0.2) is 5.78 Å². The number of nitrogens with one attached hydrogen (secondary N) is 1. The topological polar surface area (TPSA) is 42.0 Å². The van der Waals surface area contributed by atoms with Crippen LogP contribution >= 0.6 is 0 Å². The van der Waals surface area contributed by atoms with Crippen LogP contribution in [0.1, 0.15) is 44.5 Å². The second-order valence-electron chi connectivity index (χ2n) is 4.72. The van der Waals surface area contributed by atoms with Crippen LogP contribution in [0.25, 0.3) is 0 Å². The predicted octanol–water partition coefficient (Wildman–Crippen LogP) is 3.13. The van der Waals surface area contributed by atoms with Crippen molar-refractivity contribution in [3.05, 3.63) is 23.9 Å². The number of rotatable bonds is 5. The monoisotopic (exact) mass is 220 g/mol. The van der Waals surface area contributed by atoms with Crippen LogP contribution in [0.15, 0.2) is 18.3 Å². The first-order valence-corrected chi connectivity index (χ1v) is 5.75. The fourth-order valence-corrected chi connectivity index (χ4v) is 1.50. The van der Waals surface area contributed by atoms with E-state index in [4.69, 9.17) is 0 Å². The zero-order valence-corrected chi connectivity index (χ0v) is 10.4. The van der Waals surface area contributed by atoms with Crippen LogP contribution in [0.5, 0.6) is 0 Å². The number of hydrogen-bond donors (Lipinski definition) is 1. The Balaban J connectivity index is 2.89. The van der Waals surface area contributed by atoms with Gasteiger partial charge in [-0.2, -0.15) is 0 Å². The number of carbonyl (C=O) groups excluding carboxylic acids is 1. The standard InChI is InChI=1S/C13H20N2O/c1-9(2)8-12(16)11-6-5-7-14-13(11)15-10(3)4/h5-7,9-10H,8H2,1-4H3,(H,14,15). The molecule has 0 aliphatic carbocycles. The van der Waals surface area contributed by atoms with Gasteiger partial charge in [-0.3, -0.25) is 4.79 Å². The molecule has 1 N–H and O–H groups in total. The van der Waals surface area contributed by atoms with Gasteiger partial charge in [0.1, 0.15) is 5.82 Å². The van der Waals surface area contributed by atoms with Crippen LogP contribution in [0.3, 0.4) is 0 Å². The third-order valence-corrected chi connectivity index (χ3v) is 2.13. The molecule has 3 nitrogen and oxygen atoms in total. The third-order valence-electron chi connectivity index (χ3n) is 2.13. The first kappa shape index (κ1) is 12.7. The van der Waals surface area contributed by atoms with E-state index in [1.165, 1.54) is 0 Å². The molecule has 1 rings (SSSR count). The van der Waals surface area contributed by atoms with Crippen LogP contribution in [-0.4, -0.2) is 16.8 Å². The van der Waals surface area contributed by atoms with Crippen LogP contribution in [-0.2, 0) is 0 Å². The minimum atomic E-state index is 0.159. The smallest absolute Gasteiger partial charge is 0.166 e. The van der Waals surface area contributed by atoms with Crippen molar-refractivity contribution >= 4 is 11.6 Å². The minimum Gasteiger partial charge on any atom is -0.367 e. The van der Waals surface area contributed by atoms with E-state index in [1.54, 1.807) is 12.3 Å². The van der Waals surface area contributed by atoms with Crippen molar-refractivity contribution in [1.82, 2.24) is 4.98 Å². The normalized spacial score (nSPS) is 10.9. The zero-order valence-electron chi connectivity index (χ0n) is 10.4. The van der Waals surface area contributed by atoms with Crippen molar-refractivity contribution in [3.8, 4) is 0 Å². The molecule has 0 amide bonds. The van der Waals surface area contributed by atoms with Crippen LogP contribution in [0, 0.1) is 5.92 Å². The molecular weight excluding hydrogens is 200 g/mol. The summed E-state index contributed by atoms with van der Waals surface area (Å²) in [5, 5.41) is 3.20. The Morgan fingerprint density at radius 3 is 2.62 bits per heavy atom. The van der Waals surface area contributed by atoms with Crippen molar-refractivity contribution < 1.29 is 4.79 Å². The Labute approximate surface area is 97.3 Å². The number of carbonyl (C=O) groups is 1. The van der Waals surface area contributed by atoms with Gasteiger partial charge in [0.25, 0.3) is 0 Å². The highest BCUT2D eigenvalue weighted by atomic mass is 16.1. The highest BCUT2D eigenvalue weighted by Gasteiger charge is 2.13. The molecule has 0 bridgehead atoms. The maximum absolute atomic E-state index is 12.0. The van der Waals surface area contributed by atoms with Crippen molar-refractivity contribution in [2.75, 3.05) is 5.32 Å². The van der Waals surface area contributed by atoms with Crippen molar-refractivity contribution in [2.45, 2.75) is 40.2 Å². The third kappa shape index (κ3) is 3.65. The minimum absolute atomic E-state index is 0.159. The summed E-state index contributed by atoms with van der Waals surface area (Å²) in [6.07, 6.45) is 2.27. The van der Waals surface area contributed by atoms with Gasteiger partial charge in [0.2, 0.25) is 0 Å². The van der Waals surface area contributed by atoms with Gasteiger partial charge in [-0.15, -0.1) is 0 Å². The average Bonchev–Trinajstić information content (AvgIpc) is 2.16. The molecule has 0 saturated heterocycles. The Kier molecular flexibility index (Phi) is 4.47. The summed E-state index contributed by atoms with van der Waals surface area (Å²) in [5.74, 6) is 1.23. The molecule has 1 heterocycles. The summed E-state index contributed by atoms with van der Waals surface area (Å²) >= 11 is 0. The lowest BCUT2D eigenvalue weighted by Gasteiger charge is -2.13. The first-order chi connectivity index (χ1) is 7.50. The zero-order chi connectivity index (χ0) is 12.1. The number of hydrogen-bond acceptors (Lipinski definition) is 3. The van der Waals surface area contributed by atoms with Crippen LogP contribution in [0.4, 0.5) is 5.82 Å². The molecule has 0 fully saturated rings. The van der Waals surface area contributed by atoms with Crippen molar-refractivity contribution in [3.63, 3.8) is 0 Å². The maximum atomic E-state index is 12.0. The molecule has 0 aromatic carbocycles. The average molecular weight is 220 g/mol. The summed E-state index contributed by atoms with van der Waals surface area (Å²) in [6.45, 7) is 8.16. The molecule has 0 atom stereocenters. The van der Waals surface area contributed by atoms with Gasteiger partial charge >= 0.3 is 0 Å². The molecule has 1 aromatic heterocycles. The molecule has 0 aliphatic rings. The van der Waals surface area contributed by atoms with E-state index in [0.717, 1.165) is 0 Å². The van der Waals surface area contributed by atoms with Crippen LogP contribution in [0.2, 0.25) is 0 Å². The Morgan fingerprint density at radius 1 is 1.38 bits per heavy atom. The highest BCUT2D eigenvalue weighted by Crippen LogP contribution is 2.17. The Bertz CT molecular complexity index is 359. The number of pyridine rings is 1. The van der Waals surface area contributed by atoms with E-state index >= 15 is 0 Å². The number of anilines is 1. The molecule has 1 aromatic rings. The van der Waals surface area contributed by atoms with E-state index < -0.39 is 0 Å². The van der Waals surface area contributed by atoms with E-state index in [0.29, 0.717) is 23.7 Å². The number of ketones is 1. The second kappa shape index (κ2) is 5.64. The largest absolute Gasteiger partial charge is 0.367 e. The fraction of sp³-hybridized carbons (Fsp3) is 0.538. The molecule has 0 unspecified atom stereocenters. The van der Waals surface area contributed by atoms with Gasteiger partial charge in [-0.1, -0.05) is 13.8 Å². The molecule has 0 aliphatic heterocycles. The quantitative estimate of drug-likeness (QED) is 0.775. The van der Waals surface area contributed by atoms with E-state index in [-0.39, 0.29) is 11.8 Å². The molecule has 3 heteroatoms. The fourth-order valence-electron chi connectivity index (χ4n) is 1.50. The molecule has 0 radical (unpaired) electrons. The molecule has 16 heavy (non-hydrogen) atoms. The van der Waals surface area contributed by atoms with Crippen molar-refractivity contribution in [2.24, 2.45) is 5.92 Å². The van der Waals surface area contributed by atoms with E-state index in [2.05, 4.69) is 10.3 Å². The summed E-state index contributed by atoms with van der Waals surface area (Å²) in [7, 11) is 0.